The Hall–Kier alpha value is -3.19. The summed E-state index contributed by atoms with van der Waals surface area (Å²) in [6.07, 6.45) is 1.99. The minimum absolute atomic E-state index is 0.249. The Balaban J connectivity index is 1.60. The third kappa shape index (κ3) is 4.36. The number of nitrogens with one attached hydrogen (secondary N) is 1. The monoisotopic (exact) mass is 423 g/mol. The van der Waals surface area contributed by atoms with Crippen molar-refractivity contribution in [1.29, 1.82) is 0 Å². The average Bonchev–Trinajstić information content (AvgIpc) is 3.21. The molecule has 0 aromatic heterocycles. The first-order chi connectivity index (χ1) is 14.5. The van der Waals surface area contributed by atoms with Gasteiger partial charge in [0.2, 0.25) is 0 Å². The van der Waals surface area contributed by atoms with Gasteiger partial charge in [0, 0.05) is 16.5 Å². The normalized spacial score (nSPS) is 15.8. The highest BCUT2D eigenvalue weighted by molar-refractivity contribution is 7.98. The summed E-state index contributed by atoms with van der Waals surface area (Å²) in [4.78, 5) is 13.9. The second-order valence-corrected chi connectivity index (χ2v) is 7.72. The predicted octanol–water partition coefficient (Wildman–Crippen LogP) is 5.72. The molecule has 7 heteroatoms. The van der Waals surface area contributed by atoms with Gasteiger partial charge in [-0.2, -0.15) is 5.10 Å². The van der Waals surface area contributed by atoms with Crippen LogP contribution in [0, 0.1) is 11.6 Å². The van der Waals surface area contributed by atoms with Crippen LogP contribution in [0.4, 0.5) is 19.3 Å². The lowest BCUT2D eigenvalue weighted by Crippen LogP contribution is -2.30. The number of urea groups is 1. The lowest BCUT2D eigenvalue weighted by Gasteiger charge is -2.16. The molecule has 152 valence electrons. The van der Waals surface area contributed by atoms with Crippen molar-refractivity contribution in [1.82, 2.24) is 5.01 Å². The number of rotatable bonds is 4. The largest absolute Gasteiger partial charge is 0.342 e. The second-order valence-electron chi connectivity index (χ2n) is 6.84. The van der Waals surface area contributed by atoms with Crippen molar-refractivity contribution in [2.24, 2.45) is 5.10 Å². The zero-order chi connectivity index (χ0) is 21.1. The van der Waals surface area contributed by atoms with Gasteiger partial charge in [0.25, 0.3) is 0 Å². The summed E-state index contributed by atoms with van der Waals surface area (Å²) in [5.41, 5.74) is 2.85. The van der Waals surface area contributed by atoms with E-state index in [0.717, 1.165) is 10.5 Å². The molecule has 1 N–H and O–H groups in total. The molecule has 0 saturated heterocycles. The number of nitrogens with zero attached hydrogens (tertiary/aromatic N) is 2. The maximum absolute atomic E-state index is 13.4. The van der Waals surface area contributed by atoms with Crippen molar-refractivity contribution in [3.63, 3.8) is 0 Å². The van der Waals surface area contributed by atoms with E-state index in [0.29, 0.717) is 23.5 Å². The minimum atomic E-state index is -0.365. The van der Waals surface area contributed by atoms with E-state index in [-0.39, 0.29) is 23.6 Å². The second kappa shape index (κ2) is 8.67. The fourth-order valence-electron chi connectivity index (χ4n) is 3.33. The molecule has 0 radical (unpaired) electrons. The smallest absolute Gasteiger partial charge is 0.306 e. The van der Waals surface area contributed by atoms with Crippen LogP contribution in [0.3, 0.4) is 0 Å². The molecule has 1 atom stereocenters. The van der Waals surface area contributed by atoms with Crippen molar-refractivity contribution >= 4 is 29.2 Å². The van der Waals surface area contributed by atoms with Gasteiger partial charge in [-0.1, -0.05) is 24.3 Å². The third-order valence-electron chi connectivity index (χ3n) is 4.90. The highest BCUT2D eigenvalue weighted by Gasteiger charge is 2.32. The molecule has 0 fully saturated rings. The van der Waals surface area contributed by atoms with E-state index < -0.39 is 0 Å². The van der Waals surface area contributed by atoms with Crippen molar-refractivity contribution in [3.8, 4) is 0 Å². The fourth-order valence-corrected chi connectivity index (χ4v) is 3.74. The number of hydrogen-bond acceptors (Lipinski definition) is 3. The molecule has 30 heavy (non-hydrogen) atoms. The highest BCUT2D eigenvalue weighted by atomic mass is 32.2. The van der Waals surface area contributed by atoms with Crippen LogP contribution in [-0.4, -0.2) is 29.6 Å². The van der Waals surface area contributed by atoms with Gasteiger partial charge in [0.15, 0.2) is 0 Å². The average molecular weight is 423 g/mol. The number of benzene rings is 3. The number of halogens is 2. The summed E-state index contributed by atoms with van der Waals surface area (Å²) in [6.45, 7) is 0.299. The lowest BCUT2D eigenvalue weighted by molar-refractivity contribution is 0.218. The first kappa shape index (κ1) is 20.1. The van der Waals surface area contributed by atoms with Crippen LogP contribution in [-0.2, 0) is 0 Å². The number of carbonyl (C=O) groups excluding carboxylic acids is 1. The number of anilines is 1. The lowest BCUT2D eigenvalue weighted by atomic mass is 9.90. The molecule has 0 unspecified atom stereocenters. The maximum atomic E-state index is 13.4. The van der Waals surface area contributed by atoms with E-state index in [2.05, 4.69) is 10.4 Å². The molecule has 1 aliphatic rings. The van der Waals surface area contributed by atoms with Crippen LogP contribution in [0.15, 0.2) is 82.8 Å². The quantitative estimate of drug-likeness (QED) is 0.545. The van der Waals surface area contributed by atoms with Crippen molar-refractivity contribution < 1.29 is 13.6 Å². The highest BCUT2D eigenvalue weighted by Crippen LogP contribution is 2.29. The molecule has 1 aliphatic heterocycles. The maximum Gasteiger partial charge on any atom is 0.342 e. The number of carbonyl (C=O) groups is 1. The first-order valence-electron chi connectivity index (χ1n) is 9.36. The van der Waals surface area contributed by atoms with E-state index in [1.54, 1.807) is 36.0 Å². The summed E-state index contributed by atoms with van der Waals surface area (Å²) >= 11 is 1.62. The summed E-state index contributed by atoms with van der Waals surface area (Å²) in [5, 5.41) is 8.72. The molecule has 4 nitrogen and oxygen atoms in total. The summed E-state index contributed by atoms with van der Waals surface area (Å²) in [6, 6.07) is 19.3. The molecular weight excluding hydrogens is 404 g/mol. The molecule has 3 aromatic rings. The van der Waals surface area contributed by atoms with E-state index >= 15 is 0 Å². The van der Waals surface area contributed by atoms with E-state index in [1.165, 1.54) is 29.3 Å². The van der Waals surface area contributed by atoms with E-state index in [4.69, 9.17) is 0 Å². The van der Waals surface area contributed by atoms with Gasteiger partial charge >= 0.3 is 6.03 Å². The fraction of sp³-hybridized carbons (Fsp3) is 0.130. The molecular formula is C23H19F2N3OS. The molecule has 0 aliphatic carbocycles. The third-order valence-corrected chi connectivity index (χ3v) is 5.65. The van der Waals surface area contributed by atoms with Gasteiger partial charge < -0.3 is 5.32 Å². The molecule has 0 spiro atoms. The number of thioether (sulfide) groups is 1. The van der Waals surface area contributed by atoms with Gasteiger partial charge in [0.05, 0.1) is 12.3 Å². The Morgan fingerprint density at radius 1 is 0.967 bits per heavy atom. The van der Waals surface area contributed by atoms with Crippen molar-refractivity contribution in [3.05, 3.63) is 95.6 Å². The Kier molecular flexibility index (Phi) is 5.81. The molecule has 2 amide bonds. The first-order valence-corrected chi connectivity index (χ1v) is 10.6. The van der Waals surface area contributed by atoms with E-state index in [9.17, 15) is 13.6 Å². The Bertz CT molecular complexity index is 1070. The Morgan fingerprint density at radius 2 is 1.57 bits per heavy atom. The molecule has 0 saturated carbocycles. The van der Waals surface area contributed by atoms with Gasteiger partial charge in [-0.3, -0.25) is 0 Å². The van der Waals surface area contributed by atoms with Crippen LogP contribution < -0.4 is 5.32 Å². The van der Waals surface area contributed by atoms with Crippen LogP contribution in [0.2, 0.25) is 0 Å². The molecule has 0 bridgehead atoms. The minimum Gasteiger partial charge on any atom is -0.306 e. The Morgan fingerprint density at radius 3 is 2.17 bits per heavy atom. The van der Waals surface area contributed by atoms with Crippen LogP contribution in [0.1, 0.15) is 17.0 Å². The van der Waals surface area contributed by atoms with E-state index in [1.807, 2.05) is 30.5 Å². The molecule has 1 heterocycles. The summed E-state index contributed by atoms with van der Waals surface area (Å²) < 4.78 is 26.8. The number of hydrazone groups is 1. The van der Waals surface area contributed by atoms with Crippen molar-refractivity contribution in [2.75, 3.05) is 18.1 Å². The van der Waals surface area contributed by atoms with Crippen LogP contribution in [0.25, 0.3) is 0 Å². The Labute approximate surface area is 177 Å². The van der Waals surface area contributed by atoms with Crippen LogP contribution in [0.5, 0.6) is 0 Å². The van der Waals surface area contributed by atoms with Gasteiger partial charge in [-0.15, -0.1) is 11.8 Å². The summed E-state index contributed by atoms with van der Waals surface area (Å²) in [7, 11) is 0. The number of hydrogen-bond donors (Lipinski definition) is 1. The van der Waals surface area contributed by atoms with Crippen LogP contribution >= 0.6 is 11.8 Å². The molecule has 4 rings (SSSR count). The zero-order valence-corrected chi connectivity index (χ0v) is 17.0. The zero-order valence-electron chi connectivity index (χ0n) is 16.2. The predicted molar refractivity (Wildman–Crippen MR) is 116 cm³/mol. The van der Waals surface area contributed by atoms with Gasteiger partial charge in [0.1, 0.15) is 11.6 Å². The van der Waals surface area contributed by atoms with Crippen molar-refractivity contribution in [2.45, 2.75) is 10.8 Å². The van der Waals surface area contributed by atoms with Gasteiger partial charge in [-0.25, -0.2) is 18.6 Å². The SMILES string of the molecule is CSc1ccc(NC(=O)N2C[C@H](c3ccc(F)cc3)C(c3ccc(F)cc3)=N2)cc1. The summed E-state index contributed by atoms with van der Waals surface area (Å²) in [5.74, 6) is -0.931. The topological polar surface area (TPSA) is 44.7 Å². The number of amides is 2. The molecule has 3 aromatic carbocycles. The van der Waals surface area contributed by atoms with Gasteiger partial charge in [-0.05, 0) is 65.9 Å². The standard InChI is InChI=1S/C23H19F2N3OS/c1-30-20-12-10-19(11-13-20)26-23(29)28-14-21(15-2-6-17(24)7-3-15)22(27-28)16-4-8-18(25)9-5-16/h2-13,21H,14H2,1H3,(H,26,29)/t21-/m1/s1.